The Bertz CT molecular complexity index is 930. The van der Waals surface area contributed by atoms with Gasteiger partial charge in [0.05, 0.1) is 23.3 Å². The number of halogens is 2. The van der Waals surface area contributed by atoms with E-state index in [4.69, 9.17) is 28.6 Å². The predicted octanol–water partition coefficient (Wildman–Crippen LogP) is 5.55. The average Bonchev–Trinajstić information content (AvgIpc) is 2.98. The smallest absolute Gasteiger partial charge is 0.176 e. The number of ether oxygens (including phenoxy) is 1. The summed E-state index contributed by atoms with van der Waals surface area (Å²) in [5.74, 6) is 1.38. The quantitative estimate of drug-likeness (QED) is 0.467. The molecule has 1 heterocycles. The lowest BCUT2D eigenvalue weighted by Gasteiger charge is -2.13. The monoisotopic (exact) mass is 464 g/mol. The molecule has 140 valence electrons. The highest BCUT2D eigenvalue weighted by molar-refractivity contribution is 9.10. The van der Waals surface area contributed by atoms with Gasteiger partial charge in [-0.1, -0.05) is 35.9 Å². The lowest BCUT2D eigenvalue weighted by atomic mass is 10.2. The van der Waals surface area contributed by atoms with Crippen LogP contribution in [0.5, 0.6) is 5.75 Å². The lowest BCUT2D eigenvalue weighted by Crippen LogP contribution is -2.20. The molecule has 0 unspecified atom stereocenters. The van der Waals surface area contributed by atoms with Crippen molar-refractivity contribution in [3.8, 4) is 5.75 Å². The number of rotatable bonds is 6. The van der Waals surface area contributed by atoms with E-state index >= 15 is 0 Å². The number of aromatic nitrogens is 2. The van der Waals surface area contributed by atoms with E-state index in [1.807, 2.05) is 66.3 Å². The zero-order valence-electron chi connectivity index (χ0n) is 14.6. The first kappa shape index (κ1) is 19.7. The number of thiocarbonyl (C=S) groups is 1. The molecule has 0 spiro atoms. The fraction of sp³-hybridized carbons (Fsp3) is 0.158. The second-order valence-corrected chi connectivity index (χ2v) is 7.36. The fourth-order valence-corrected chi connectivity index (χ4v) is 3.20. The molecule has 5 nitrogen and oxygen atoms in total. The fourth-order valence-electron chi connectivity index (χ4n) is 2.45. The molecule has 0 radical (unpaired) electrons. The minimum atomic E-state index is 0.430. The van der Waals surface area contributed by atoms with E-state index in [9.17, 15) is 0 Å². The van der Waals surface area contributed by atoms with Crippen molar-refractivity contribution in [3.63, 3.8) is 0 Å². The van der Waals surface area contributed by atoms with Gasteiger partial charge in [0, 0.05) is 11.2 Å². The van der Waals surface area contributed by atoms with E-state index in [2.05, 4.69) is 31.7 Å². The second-order valence-electron chi connectivity index (χ2n) is 5.66. The van der Waals surface area contributed by atoms with Gasteiger partial charge in [0.2, 0.25) is 0 Å². The van der Waals surface area contributed by atoms with Crippen molar-refractivity contribution in [2.45, 2.75) is 13.5 Å². The molecule has 0 aliphatic rings. The van der Waals surface area contributed by atoms with Gasteiger partial charge in [-0.15, -0.1) is 0 Å². The van der Waals surface area contributed by atoms with Gasteiger partial charge in [0.1, 0.15) is 5.75 Å². The Morgan fingerprint density at radius 3 is 2.67 bits per heavy atom. The van der Waals surface area contributed by atoms with E-state index in [1.54, 1.807) is 0 Å². The van der Waals surface area contributed by atoms with Crippen molar-refractivity contribution in [1.82, 2.24) is 9.78 Å². The molecule has 0 aliphatic heterocycles. The van der Waals surface area contributed by atoms with Crippen molar-refractivity contribution in [2.24, 2.45) is 0 Å². The molecule has 0 saturated carbocycles. The van der Waals surface area contributed by atoms with Crippen LogP contribution in [0.1, 0.15) is 12.5 Å². The summed E-state index contributed by atoms with van der Waals surface area (Å²) in [5.41, 5.74) is 1.90. The van der Waals surface area contributed by atoms with Gasteiger partial charge in [0.15, 0.2) is 10.9 Å². The number of nitrogens with one attached hydrogen (secondary N) is 2. The highest BCUT2D eigenvalue weighted by Gasteiger charge is 2.10. The van der Waals surface area contributed by atoms with Crippen molar-refractivity contribution < 1.29 is 4.74 Å². The summed E-state index contributed by atoms with van der Waals surface area (Å²) in [6.45, 7) is 3.15. The normalized spacial score (nSPS) is 10.5. The molecule has 1 aromatic heterocycles. The van der Waals surface area contributed by atoms with Gasteiger partial charge in [-0.3, -0.25) is 4.68 Å². The standard InChI is InChI=1S/C19H18BrClN4OS/c1-2-26-17-6-4-3-5-16(17)22-19(27)23-18-15(20)12-25(24-18)11-13-7-9-14(21)10-8-13/h3-10,12H,2,11H2,1H3,(H2,22,23,24,27). The Labute approximate surface area is 176 Å². The third-order valence-electron chi connectivity index (χ3n) is 3.64. The van der Waals surface area contributed by atoms with Crippen molar-refractivity contribution in [2.75, 3.05) is 17.2 Å². The average molecular weight is 466 g/mol. The zero-order chi connectivity index (χ0) is 19.2. The van der Waals surface area contributed by atoms with Crippen LogP contribution in [0.3, 0.4) is 0 Å². The Morgan fingerprint density at radius 2 is 1.93 bits per heavy atom. The van der Waals surface area contributed by atoms with Crippen LogP contribution < -0.4 is 15.4 Å². The molecule has 0 fully saturated rings. The SMILES string of the molecule is CCOc1ccccc1NC(=S)Nc1nn(Cc2ccc(Cl)cc2)cc1Br. The van der Waals surface area contributed by atoms with Gasteiger partial charge >= 0.3 is 0 Å². The molecular weight excluding hydrogens is 448 g/mol. The summed E-state index contributed by atoms with van der Waals surface area (Å²) in [7, 11) is 0. The Kier molecular flexibility index (Phi) is 6.71. The summed E-state index contributed by atoms with van der Waals surface area (Å²) in [6.07, 6.45) is 1.90. The number of hydrogen-bond acceptors (Lipinski definition) is 3. The van der Waals surface area contributed by atoms with Gasteiger partial charge in [-0.25, -0.2) is 0 Å². The molecule has 3 rings (SSSR count). The zero-order valence-corrected chi connectivity index (χ0v) is 17.7. The largest absolute Gasteiger partial charge is 0.492 e. The lowest BCUT2D eigenvalue weighted by molar-refractivity contribution is 0.342. The number of benzene rings is 2. The van der Waals surface area contributed by atoms with Gasteiger partial charge < -0.3 is 15.4 Å². The summed E-state index contributed by atoms with van der Waals surface area (Å²) in [6, 6.07) is 15.3. The third kappa shape index (κ3) is 5.45. The highest BCUT2D eigenvalue weighted by Crippen LogP contribution is 2.25. The first-order valence-electron chi connectivity index (χ1n) is 8.32. The Balaban J connectivity index is 1.66. The number of anilines is 2. The van der Waals surface area contributed by atoms with Crippen LogP contribution in [-0.4, -0.2) is 21.5 Å². The molecule has 2 aromatic carbocycles. The van der Waals surface area contributed by atoms with Crippen LogP contribution in [0.25, 0.3) is 0 Å². The minimum absolute atomic E-state index is 0.430. The van der Waals surface area contributed by atoms with Crippen LogP contribution in [0.15, 0.2) is 59.2 Å². The van der Waals surface area contributed by atoms with Crippen LogP contribution in [0.4, 0.5) is 11.5 Å². The molecule has 2 N–H and O–H groups in total. The number of hydrogen-bond donors (Lipinski definition) is 2. The molecule has 3 aromatic rings. The van der Waals surface area contributed by atoms with Crippen molar-refractivity contribution in [1.29, 1.82) is 0 Å². The topological polar surface area (TPSA) is 51.1 Å². The number of nitrogens with zero attached hydrogens (tertiary/aromatic N) is 2. The van der Waals surface area contributed by atoms with Crippen LogP contribution in [0.2, 0.25) is 5.02 Å². The second kappa shape index (κ2) is 9.21. The Hall–Kier alpha value is -2.09. The molecular formula is C19H18BrClN4OS. The van der Waals surface area contributed by atoms with E-state index in [-0.39, 0.29) is 0 Å². The molecule has 0 saturated heterocycles. The predicted molar refractivity (Wildman–Crippen MR) is 118 cm³/mol. The molecule has 0 atom stereocenters. The van der Waals surface area contributed by atoms with Crippen LogP contribution in [0, 0.1) is 0 Å². The number of para-hydroxylation sites is 2. The summed E-state index contributed by atoms with van der Waals surface area (Å²) >= 11 is 14.9. The highest BCUT2D eigenvalue weighted by atomic mass is 79.9. The maximum absolute atomic E-state index is 5.93. The van der Waals surface area contributed by atoms with E-state index in [1.165, 1.54) is 0 Å². The van der Waals surface area contributed by atoms with Gasteiger partial charge in [-0.05, 0) is 64.9 Å². The Morgan fingerprint density at radius 1 is 1.19 bits per heavy atom. The molecule has 0 aliphatic carbocycles. The van der Waals surface area contributed by atoms with E-state index in [0.29, 0.717) is 29.1 Å². The molecule has 8 heteroatoms. The van der Waals surface area contributed by atoms with Crippen molar-refractivity contribution in [3.05, 3.63) is 69.8 Å². The van der Waals surface area contributed by atoms with Gasteiger partial charge in [0.25, 0.3) is 0 Å². The van der Waals surface area contributed by atoms with E-state index in [0.717, 1.165) is 21.5 Å². The molecule has 27 heavy (non-hydrogen) atoms. The maximum Gasteiger partial charge on any atom is 0.176 e. The minimum Gasteiger partial charge on any atom is -0.492 e. The van der Waals surface area contributed by atoms with Crippen LogP contribution in [-0.2, 0) is 6.54 Å². The maximum atomic E-state index is 5.93. The first-order valence-corrected chi connectivity index (χ1v) is 9.90. The first-order chi connectivity index (χ1) is 13.0. The summed E-state index contributed by atoms with van der Waals surface area (Å²) in [4.78, 5) is 0. The summed E-state index contributed by atoms with van der Waals surface area (Å²) in [5, 5.41) is 11.9. The van der Waals surface area contributed by atoms with Gasteiger partial charge in [-0.2, -0.15) is 5.10 Å². The molecule has 0 amide bonds. The van der Waals surface area contributed by atoms with E-state index < -0.39 is 0 Å². The van der Waals surface area contributed by atoms with Crippen LogP contribution >= 0.6 is 39.7 Å². The summed E-state index contributed by atoms with van der Waals surface area (Å²) < 4.78 is 8.25. The van der Waals surface area contributed by atoms with Crippen molar-refractivity contribution >= 4 is 56.4 Å². The third-order valence-corrected chi connectivity index (χ3v) is 4.68. The molecule has 0 bridgehead atoms.